The number of anilines is 1. The molecule has 2 N–H and O–H groups in total. The second kappa shape index (κ2) is 8.45. The molecule has 0 aliphatic rings. The Labute approximate surface area is 153 Å². The van der Waals surface area contributed by atoms with Crippen molar-refractivity contribution >= 4 is 65.6 Å². The van der Waals surface area contributed by atoms with Gasteiger partial charge in [-0.1, -0.05) is 30.3 Å². The highest BCUT2D eigenvalue weighted by atomic mass is 79.9. The van der Waals surface area contributed by atoms with E-state index in [1.807, 2.05) is 42.5 Å². The molecule has 22 heavy (non-hydrogen) atoms. The molecule has 2 aromatic carbocycles. The van der Waals surface area contributed by atoms with Crippen LogP contribution in [0.15, 0.2) is 61.0 Å². The Hall–Kier alpha value is -1.18. The van der Waals surface area contributed by atoms with Crippen molar-refractivity contribution in [2.45, 2.75) is 0 Å². The van der Waals surface area contributed by atoms with Crippen LogP contribution in [0.25, 0.3) is 0 Å². The molecule has 2 rings (SSSR count). The number of nitrogens with zero attached hydrogens (tertiary/aromatic N) is 1. The molecule has 0 heterocycles. The highest BCUT2D eigenvalue weighted by molar-refractivity contribution is 9.13. The summed E-state index contributed by atoms with van der Waals surface area (Å²) in [5.41, 5.74) is 4.22. The molecule has 114 valence electrons. The third-order valence-electron chi connectivity index (χ3n) is 2.65. The van der Waals surface area contributed by atoms with E-state index in [9.17, 15) is 4.79 Å². The summed E-state index contributed by atoms with van der Waals surface area (Å²) in [7, 11) is 0. The van der Waals surface area contributed by atoms with Gasteiger partial charge in [-0.05, 0) is 65.5 Å². The number of rotatable bonds is 5. The second-order valence-corrected chi connectivity index (χ2v) is 6.87. The van der Waals surface area contributed by atoms with E-state index in [1.165, 1.54) is 0 Å². The van der Waals surface area contributed by atoms with Gasteiger partial charge in [-0.25, -0.2) is 5.43 Å². The quantitative estimate of drug-likeness (QED) is 0.368. The summed E-state index contributed by atoms with van der Waals surface area (Å²) >= 11 is 10.3. The maximum atomic E-state index is 11.7. The Balaban J connectivity index is 1.86. The van der Waals surface area contributed by atoms with Gasteiger partial charge in [-0.3, -0.25) is 4.79 Å². The van der Waals surface area contributed by atoms with Crippen molar-refractivity contribution in [1.29, 1.82) is 0 Å². The number of benzene rings is 2. The van der Waals surface area contributed by atoms with Gasteiger partial charge in [0.05, 0.1) is 18.4 Å². The minimum absolute atomic E-state index is 0.124. The zero-order valence-electron chi connectivity index (χ0n) is 11.3. The summed E-state index contributed by atoms with van der Waals surface area (Å²) in [6, 6.07) is 13.3. The lowest BCUT2D eigenvalue weighted by atomic mass is 10.2. The standard InChI is InChI=1S/C15H12Br3N3O/c16-11-6-13(18)14(7-12(11)17)19-9-15(22)21-20-8-10-4-2-1-3-5-10/h1-8,19H,9H2,(H,21,22)/b20-8-. The molecule has 0 unspecified atom stereocenters. The predicted molar refractivity (Wildman–Crippen MR) is 100 cm³/mol. The van der Waals surface area contributed by atoms with Crippen LogP contribution in [0.2, 0.25) is 0 Å². The highest BCUT2D eigenvalue weighted by Crippen LogP contribution is 2.32. The molecule has 0 saturated heterocycles. The molecule has 0 saturated carbocycles. The molecule has 1 amide bonds. The van der Waals surface area contributed by atoms with Crippen molar-refractivity contribution < 1.29 is 4.79 Å². The van der Waals surface area contributed by atoms with Crippen molar-refractivity contribution in [3.05, 3.63) is 61.4 Å². The van der Waals surface area contributed by atoms with Crippen molar-refractivity contribution in [3.8, 4) is 0 Å². The maximum absolute atomic E-state index is 11.7. The molecule has 2 aromatic rings. The largest absolute Gasteiger partial charge is 0.375 e. The Bertz CT molecular complexity index is 690. The summed E-state index contributed by atoms with van der Waals surface area (Å²) in [6.07, 6.45) is 1.60. The van der Waals surface area contributed by atoms with Crippen LogP contribution >= 0.6 is 47.8 Å². The predicted octanol–water partition coefficient (Wildman–Crippen LogP) is 4.54. The van der Waals surface area contributed by atoms with Gasteiger partial charge in [0.25, 0.3) is 5.91 Å². The lowest BCUT2D eigenvalue weighted by Crippen LogP contribution is -2.26. The third kappa shape index (κ3) is 5.23. The number of halogens is 3. The molecule has 0 aromatic heterocycles. The molecule has 0 bridgehead atoms. The van der Waals surface area contributed by atoms with Crippen LogP contribution in [-0.4, -0.2) is 18.7 Å². The van der Waals surface area contributed by atoms with Crippen LogP contribution in [0.5, 0.6) is 0 Å². The van der Waals surface area contributed by atoms with Crippen molar-refractivity contribution in [1.82, 2.24) is 5.43 Å². The van der Waals surface area contributed by atoms with Gasteiger partial charge in [0.1, 0.15) is 0 Å². The first kappa shape index (κ1) is 17.2. The van der Waals surface area contributed by atoms with Gasteiger partial charge in [0.15, 0.2) is 0 Å². The van der Waals surface area contributed by atoms with Crippen LogP contribution < -0.4 is 10.7 Å². The average Bonchev–Trinajstić information content (AvgIpc) is 2.50. The fourth-order valence-corrected chi connectivity index (χ4v) is 3.07. The Morgan fingerprint density at radius 3 is 2.45 bits per heavy atom. The van der Waals surface area contributed by atoms with Gasteiger partial charge in [-0.2, -0.15) is 5.10 Å². The lowest BCUT2D eigenvalue weighted by molar-refractivity contribution is -0.119. The highest BCUT2D eigenvalue weighted by Gasteiger charge is 2.06. The van der Waals surface area contributed by atoms with Crippen LogP contribution in [0, 0.1) is 0 Å². The summed E-state index contributed by atoms with van der Waals surface area (Å²) in [5, 5.41) is 6.96. The maximum Gasteiger partial charge on any atom is 0.259 e. The summed E-state index contributed by atoms with van der Waals surface area (Å²) in [6.45, 7) is 0.124. The van der Waals surface area contributed by atoms with Crippen LogP contribution in [0.4, 0.5) is 5.69 Å². The zero-order valence-corrected chi connectivity index (χ0v) is 16.1. The average molecular weight is 490 g/mol. The van der Waals surface area contributed by atoms with E-state index >= 15 is 0 Å². The molecule has 0 spiro atoms. The van der Waals surface area contributed by atoms with E-state index in [1.54, 1.807) is 6.21 Å². The summed E-state index contributed by atoms with van der Waals surface area (Å²) in [5.74, 6) is -0.224. The Kier molecular flexibility index (Phi) is 6.60. The van der Waals surface area contributed by atoms with E-state index in [2.05, 4.69) is 63.6 Å². The van der Waals surface area contributed by atoms with E-state index in [0.717, 1.165) is 24.7 Å². The van der Waals surface area contributed by atoms with Crippen molar-refractivity contribution in [2.75, 3.05) is 11.9 Å². The van der Waals surface area contributed by atoms with Gasteiger partial charge in [-0.15, -0.1) is 0 Å². The minimum atomic E-state index is -0.224. The monoisotopic (exact) mass is 487 g/mol. The summed E-state index contributed by atoms with van der Waals surface area (Å²) in [4.78, 5) is 11.7. The minimum Gasteiger partial charge on any atom is -0.375 e. The third-order valence-corrected chi connectivity index (χ3v) is 5.15. The van der Waals surface area contributed by atoms with E-state index in [-0.39, 0.29) is 12.5 Å². The number of hydrogen-bond acceptors (Lipinski definition) is 3. The number of hydrogen-bond donors (Lipinski definition) is 2. The van der Waals surface area contributed by atoms with Crippen LogP contribution in [0.3, 0.4) is 0 Å². The molecule has 0 radical (unpaired) electrons. The topological polar surface area (TPSA) is 53.5 Å². The number of amides is 1. The first-order valence-electron chi connectivity index (χ1n) is 6.31. The molecule has 0 aliphatic carbocycles. The molecule has 4 nitrogen and oxygen atoms in total. The first-order valence-corrected chi connectivity index (χ1v) is 8.69. The zero-order chi connectivity index (χ0) is 15.9. The number of nitrogens with one attached hydrogen (secondary N) is 2. The smallest absolute Gasteiger partial charge is 0.259 e. The molecule has 7 heteroatoms. The number of hydrazone groups is 1. The van der Waals surface area contributed by atoms with E-state index in [4.69, 9.17) is 0 Å². The fraction of sp³-hybridized carbons (Fsp3) is 0.0667. The van der Waals surface area contributed by atoms with Crippen LogP contribution in [-0.2, 0) is 4.79 Å². The van der Waals surface area contributed by atoms with Gasteiger partial charge in [0.2, 0.25) is 0 Å². The first-order chi connectivity index (χ1) is 10.6. The molecular formula is C15H12Br3N3O. The van der Waals surface area contributed by atoms with Gasteiger partial charge < -0.3 is 5.32 Å². The van der Waals surface area contributed by atoms with E-state index < -0.39 is 0 Å². The molecule has 0 fully saturated rings. The molecule has 0 atom stereocenters. The van der Waals surface area contributed by atoms with Crippen molar-refractivity contribution in [2.24, 2.45) is 5.10 Å². The second-order valence-electron chi connectivity index (χ2n) is 4.30. The Morgan fingerprint density at radius 1 is 1.05 bits per heavy atom. The number of carbonyl (C=O) groups is 1. The van der Waals surface area contributed by atoms with Crippen LogP contribution in [0.1, 0.15) is 5.56 Å². The normalized spacial score (nSPS) is 10.7. The van der Waals surface area contributed by atoms with Gasteiger partial charge >= 0.3 is 0 Å². The molecular weight excluding hydrogens is 478 g/mol. The lowest BCUT2D eigenvalue weighted by Gasteiger charge is -2.09. The van der Waals surface area contributed by atoms with Gasteiger partial charge in [0, 0.05) is 13.4 Å². The fourth-order valence-electron chi connectivity index (χ4n) is 1.59. The number of carbonyl (C=O) groups excluding carboxylic acids is 1. The van der Waals surface area contributed by atoms with E-state index in [0.29, 0.717) is 0 Å². The Morgan fingerprint density at radius 2 is 1.73 bits per heavy atom. The SMILES string of the molecule is O=C(CNc1cc(Br)c(Br)cc1Br)N/N=C\c1ccccc1. The van der Waals surface area contributed by atoms with Crippen molar-refractivity contribution in [3.63, 3.8) is 0 Å². The summed E-state index contributed by atoms with van der Waals surface area (Å²) < 4.78 is 2.70. The molecule has 0 aliphatic heterocycles.